The third-order valence-electron chi connectivity index (χ3n) is 5.28. The standard InChI is InChI=1S/C21H31FN4O3/c1-23-21(24-14-20(27)25-17-7-5-16(22)6-8-17)26-11-9-18(10-12-26)29-15-19-4-2-3-13-28-19/h5-8,18-19H,2-4,9-15H2,1H3,(H,23,24)(H,25,27). The molecule has 2 aliphatic heterocycles. The predicted molar refractivity (Wildman–Crippen MR) is 111 cm³/mol. The first kappa shape index (κ1) is 21.5. The minimum atomic E-state index is -0.333. The van der Waals surface area contributed by atoms with Crippen LogP contribution in [-0.2, 0) is 14.3 Å². The molecule has 8 heteroatoms. The van der Waals surface area contributed by atoms with Crippen molar-refractivity contribution in [1.82, 2.24) is 10.2 Å². The Bertz CT molecular complexity index is 669. The molecule has 1 aromatic rings. The summed E-state index contributed by atoms with van der Waals surface area (Å²) in [6.45, 7) is 3.29. The number of aliphatic imine (C=N–C) groups is 1. The lowest BCUT2D eigenvalue weighted by Gasteiger charge is -2.35. The highest BCUT2D eigenvalue weighted by atomic mass is 19.1. The van der Waals surface area contributed by atoms with Crippen LogP contribution in [0.25, 0.3) is 0 Å². The number of amides is 1. The summed E-state index contributed by atoms with van der Waals surface area (Å²) >= 11 is 0. The summed E-state index contributed by atoms with van der Waals surface area (Å²) in [7, 11) is 1.71. The van der Waals surface area contributed by atoms with Crippen LogP contribution >= 0.6 is 0 Å². The number of carbonyl (C=O) groups excluding carboxylic acids is 1. The van der Waals surface area contributed by atoms with Crippen molar-refractivity contribution in [3.63, 3.8) is 0 Å². The summed E-state index contributed by atoms with van der Waals surface area (Å²) in [4.78, 5) is 18.5. The van der Waals surface area contributed by atoms with Gasteiger partial charge in [0, 0.05) is 32.4 Å². The van der Waals surface area contributed by atoms with E-state index >= 15 is 0 Å². The smallest absolute Gasteiger partial charge is 0.243 e. The van der Waals surface area contributed by atoms with Gasteiger partial charge in [-0.1, -0.05) is 0 Å². The summed E-state index contributed by atoms with van der Waals surface area (Å²) in [6, 6.07) is 5.69. The van der Waals surface area contributed by atoms with Gasteiger partial charge in [-0.3, -0.25) is 9.79 Å². The third kappa shape index (κ3) is 6.97. The number of carbonyl (C=O) groups is 1. The molecule has 1 aromatic carbocycles. The summed E-state index contributed by atoms with van der Waals surface area (Å²) < 4.78 is 24.7. The molecule has 0 aromatic heterocycles. The lowest BCUT2D eigenvalue weighted by molar-refractivity contribution is -0.115. The number of benzene rings is 1. The Labute approximate surface area is 171 Å². The molecular formula is C21H31FN4O3. The van der Waals surface area contributed by atoms with E-state index in [1.807, 2.05) is 0 Å². The molecule has 1 unspecified atom stereocenters. The highest BCUT2D eigenvalue weighted by Crippen LogP contribution is 2.18. The van der Waals surface area contributed by atoms with Gasteiger partial charge in [-0.15, -0.1) is 0 Å². The molecule has 2 heterocycles. The number of nitrogens with one attached hydrogen (secondary N) is 2. The van der Waals surface area contributed by atoms with E-state index in [0.717, 1.165) is 45.4 Å². The van der Waals surface area contributed by atoms with Gasteiger partial charge in [-0.2, -0.15) is 0 Å². The molecule has 2 aliphatic rings. The molecule has 2 fully saturated rings. The number of halogens is 1. The zero-order valence-electron chi connectivity index (χ0n) is 17.0. The zero-order valence-corrected chi connectivity index (χ0v) is 17.0. The predicted octanol–water partition coefficient (Wildman–Crippen LogP) is 2.39. The number of likely N-dealkylation sites (tertiary alicyclic amines) is 1. The number of anilines is 1. The molecule has 0 bridgehead atoms. The molecule has 1 amide bonds. The average molecular weight is 407 g/mol. The van der Waals surface area contributed by atoms with Crippen LogP contribution in [0, 0.1) is 5.82 Å². The molecule has 7 nitrogen and oxygen atoms in total. The van der Waals surface area contributed by atoms with Crippen molar-refractivity contribution in [2.24, 2.45) is 4.99 Å². The van der Waals surface area contributed by atoms with E-state index in [2.05, 4.69) is 20.5 Å². The first-order chi connectivity index (χ1) is 14.1. The van der Waals surface area contributed by atoms with Crippen LogP contribution in [-0.4, -0.2) is 68.9 Å². The lowest BCUT2D eigenvalue weighted by Crippen LogP contribution is -2.48. The van der Waals surface area contributed by atoms with Gasteiger partial charge in [-0.05, 0) is 56.4 Å². The molecule has 29 heavy (non-hydrogen) atoms. The fraction of sp³-hybridized carbons (Fsp3) is 0.619. The van der Waals surface area contributed by atoms with E-state index in [0.29, 0.717) is 18.3 Å². The second-order valence-electron chi connectivity index (χ2n) is 7.46. The minimum absolute atomic E-state index is 0.0967. The van der Waals surface area contributed by atoms with Gasteiger partial charge >= 0.3 is 0 Å². The highest BCUT2D eigenvalue weighted by molar-refractivity contribution is 5.94. The van der Waals surface area contributed by atoms with Crippen LogP contribution in [0.1, 0.15) is 32.1 Å². The number of piperidine rings is 1. The Morgan fingerprint density at radius 1 is 1.24 bits per heavy atom. The van der Waals surface area contributed by atoms with Crippen molar-refractivity contribution in [2.75, 3.05) is 45.2 Å². The van der Waals surface area contributed by atoms with E-state index in [1.165, 1.54) is 30.7 Å². The molecule has 1 atom stereocenters. The van der Waals surface area contributed by atoms with Gasteiger partial charge in [0.15, 0.2) is 5.96 Å². The fourth-order valence-electron chi connectivity index (χ4n) is 3.65. The topological polar surface area (TPSA) is 75.2 Å². The van der Waals surface area contributed by atoms with E-state index in [4.69, 9.17) is 9.47 Å². The van der Waals surface area contributed by atoms with E-state index in [-0.39, 0.29) is 30.5 Å². The fourth-order valence-corrected chi connectivity index (χ4v) is 3.65. The maximum Gasteiger partial charge on any atom is 0.243 e. The lowest BCUT2D eigenvalue weighted by atomic mass is 10.1. The number of rotatable bonds is 6. The third-order valence-corrected chi connectivity index (χ3v) is 5.28. The molecule has 2 saturated heterocycles. The van der Waals surface area contributed by atoms with Crippen molar-refractivity contribution in [1.29, 1.82) is 0 Å². The number of hydrogen-bond acceptors (Lipinski definition) is 4. The summed E-state index contributed by atoms with van der Waals surface area (Å²) in [5, 5.41) is 5.83. The molecule has 0 spiro atoms. The van der Waals surface area contributed by atoms with Crippen molar-refractivity contribution < 1.29 is 18.7 Å². The largest absolute Gasteiger partial charge is 0.376 e. The monoisotopic (exact) mass is 406 g/mol. The van der Waals surface area contributed by atoms with Gasteiger partial charge in [-0.25, -0.2) is 4.39 Å². The van der Waals surface area contributed by atoms with Gasteiger partial charge in [0.05, 0.1) is 25.4 Å². The molecule has 0 radical (unpaired) electrons. The molecule has 0 aliphatic carbocycles. The Hall–Kier alpha value is -2.19. The van der Waals surface area contributed by atoms with Crippen molar-refractivity contribution in [2.45, 2.75) is 44.3 Å². The van der Waals surface area contributed by atoms with E-state index in [9.17, 15) is 9.18 Å². The number of nitrogens with zero attached hydrogens (tertiary/aromatic N) is 2. The van der Waals surface area contributed by atoms with Gasteiger partial charge < -0.3 is 25.0 Å². The molecule has 160 valence electrons. The van der Waals surface area contributed by atoms with Crippen LogP contribution in [0.15, 0.2) is 29.3 Å². The SMILES string of the molecule is CN=C(NCC(=O)Nc1ccc(F)cc1)N1CCC(OCC2CCCCO2)CC1. The van der Waals surface area contributed by atoms with Gasteiger partial charge in [0.2, 0.25) is 5.91 Å². The number of ether oxygens (including phenoxy) is 2. The minimum Gasteiger partial charge on any atom is -0.376 e. The first-order valence-electron chi connectivity index (χ1n) is 10.4. The van der Waals surface area contributed by atoms with Crippen LogP contribution in [0.5, 0.6) is 0 Å². The Morgan fingerprint density at radius 3 is 2.66 bits per heavy atom. The van der Waals surface area contributed by atoms with Crippen LogP contribution in [0.4, 0.5) is 10.1 Å². The molecule has 0 saturated carbocycles. The maximum atomic E-state index is 12.9. The Kier molecular flexibility index (Phi) is 8.25. The van der Waals surface area contributed by atoms with Crippen molar-refractivity contribution >= 4 is 17.6 Å². The second kappa shape index (κ2) is 11.1. The Morgan fingerprint density at radius 2 is 2.00 bits per heavy atom. The first-order valence-corrected chi connectivity index (χ1v) is 10.4. The van der Waals surface area contributed by atoms with Crippen LogP contribution < -0.4 is 10.6 Å². The summed E-state index contributed by atoms with van der Waals surface area (Å²) in [5.74, 6) is 0.164. The average Bonchev–Trinajstić information content (AvgIpc) is 2.76. The van der Waals surface area contributed by atoms with Crippen molar-refractivity contribution in [3.05, 3.63) is 30.1 Å². The van der Waals surface area contributed by atoms with Crippen LogP contribution in [0.3, 0.4) is 0 Å². The van der Waals surface area contributed by atoms with E-state index in [1.54, 1.807) is 7.05 Å². The summed E-state index contributed by atoms with van der Waals surface area (Å²) in [5.41, 5.74) is 0.563. The second-order valence-corrected chi connectivity index (χ2v) is 7.46. The normalized spacial score (nSPS) is 21.1. The number of hydrogen-bond donors (Lipinski definition) is 2. The highest BCUT2D eigenvalue weighted by Gasteiger charge is 2.24. The molecule has 2 N–H and O–H groups in total. The zero-order chi connectivity index (χ0) is 20.5. The molecular weight excluding hydrogens is 375 g/mol. The van der Waals surface area contributed by atoms with Crippen molar-refractivity contribution in [3.8, 4) is 0 Å². The number of guanidine groups is 1. The van der Waals surface area contributed by atoms with Gasteiger partial charge in [0.1, 0.15) is 5.82 Å². The Balaban J connectivity index is 1.36. The summed E-state index contributed by atoms with van der Waals surface area (Å²) in [6.07, 6.45) is 5.82. The quantitative estimate of drug-likeness (QED) is 0.561. The van der Waals surface area contributed by atoms with E-state index < -0.39 is 0 Å². The van der Waals surface area contributed by atoms with Gasteiger partial charge in [0.25, 0.3) is 0 Å². The van der Waals surface area contributed by atoms with Crippen LogP contribution in [0.2, 0.25) is 0 Å². The molecule has 3 rings (SSSR count). The maximum absolute atomic E-state index is 12.9.